The molecule has 138 valence electrons. The van der Waals surface area contributed by atoms with E-state index in [9.17, 15) is 9.90 Å². The number of aliphatic hydroxyl groups excluding tert-OH is 1. The van der Waals surface area contributed by atoms with Crippen LogP contribution in [0.1, 0.15) is 37.9 Å². The van der Waals surface area contributed by atoms with Crippen LogP contribution in [0.25, 0.3) is 11.0 Å². The van der Waals surface area contributed by atoms with Crippen molar-refractivity contribution in [2.45, 2.75) is 39.3 Å². The first kappa shape index (κ1) is 18.2. The Bertz CT molecular complexity index is 854. The minimum Gasteiger partial charge on any atom is -0.467 e. The van der Waals surface area contributed by atoms with E-state index >= 15 is 0 Å². The van der Waals surface area contributed by atoms with Crippen LogP contribution in [0.3, 0.4) is 0 Å². The lowest BCUT2D eigenvalue weighted by Crippen LogP contribution is -2.38. The van der Waals surface area contributed by atoms with Crippen molar-refractivity contribution in [3.05, 3.63) is 54.2 Å². The summed E-state index contributed by atoms with van der Waals surface area (Å²) in [5.41, 5.74) is 1.86. The van der Waals surface area contributed by atoms with Crippen molar-refractivity contribution in [1.29, 1.82) is 0 Å². The number of carbonyl (C=O) groups excluding carboxylic acids is 1. The number of carbonyl (C=O) groups is 1. The number of aliphatic hydroxyl groups is 1. The van der Waals surface area contributed by atoms with E-state index in [-0.39, 0.29) is 19.1 Å². The van der Waals surface area contributed by atoms with Crippen molar-refractivity contribution in [3.8, 4) is 0 Å². The van der Waals surface area contributed by atoms with Crippen molar-refractivity contribution in [3.63, 3.8) is 0 Å². The molecule has 0 saturated carbocycles. The highest BCUT2D eigenvalue weighted by Gasteiger charge is 2.26. The second-order valence-electron chi connectivity index (χ2n) is 6.38. The van der Waals surface area contributed by atoms with Gasteiger partial charge in [-0.3, -0.25) is 4.79 Å². The SMILES string of the molecule is CCCc1nc2ccccc2n1C(C)C(=O)N(CCO)Cc1ccco1. The molecule has 0 bridgehead atoms. The number of furan rings is 1. The summed E-state index contributed by atoms with van der Waals surface area (Å²) in [7, 11) is 0. The summed E-state index contributed by atoms with van der Waals surface area (Å²) in [6.45, 7) is 4.50. The molecule has 0 saturated heterocycles. The number of imidazole rings is 1. The molecule has 0 radical (unpaired) electrons. The molecule has 2 aromatic heterocycles. The molecule has 0 aliphatic carbocycles. The maximum Gasteiger partial charge on any atom is 0.245 e. The third kappa shape index (κ3) is 3.65. The molecule has 0 aliphatic heterocycles. The van der Waals surface area contributed by atoms with Crippen molar-refractivity contribution in [2.75, 3.05) is 13.2 Å². The summed E-state index contributed by atoms with van der Waals surface area (Å²) in [6, 6.07) is 11.1. The lowest BCUT2D eigenvalue weighted by atomic mass is 10.2. The zero-order chi connectivity index (χ0) is 18.5. The minimum atomic E-state index is -0.412. The van der Waals surface area contributed by atoms with Crippen LogP contribution in [-0.4, -0.2) is 38.6 Å². The fourth-order valence-corrected chi connectivity index (χ4v) is 3.28. The number of hydrogen-bond acceptors (Lipinski definition) is 4. The van der Waals surface area contributed by atoms with Gasteiger partial charge in [-0.15, -0.1) is 0 Å². The lowest BCUT2D eigenvalue weighted by molar-refractivity contribution is -0.135. The van der Waals surface area contributed by atoms with Crippen LogP contribution in [0.15, 0.2) is 47.1 Å². The van der Waals surface area contributed by atoms with Crippen LogP contribution in [0.4, 0.5) is 0 Å². The molecule has 1 amide bonds. The predicted octanol–water partition coefficient (Wildman–Crippen LogP) is 3.16. The predicted molar refractivity (Wildman–Crippen MR) is 99.6 cm³/mol. The third-order valence-electron chi connectivity index (χ3n) is 4.50. The number of rotatable bonds is 8. The summed E-state index contributed by atoms with van der Waals surface area (Å²) < 4.78 is 7.39. The Morgan fingerprint density at radius 2 is 2.12 bits per heavy atom. The normalized spacial score (nSPS) is 12.4. The third-order valence-corrected chi connectivity index (χ3v) is 4.50. The van der Waals surface area contributed by atoms with Gasteiger partial charge < -0.3 is 19.0 Å². The van der Waals surface area contributed by atoms with E-state index in [1.165, 1.54) is 0 Å². The van der Waals surface area contributed by atoms with Crippen molar-refractivity contribution in [1.82, 2.24) is 14.5 Å². The standard InChI is InChI=1S/C20H25N3O3/c1-3-7-19-21-17-9-4-5-10-18(17)23(19)15(2)20(25)22(11-12-24)14-16-8-6-13-26-16/h4-6,8-10,13,15,24H,3,7,11-12,14H2,1-2H3. The average molecular weight is 355 g/mol. The molecule has 1 unspecified atom stereocenters. The highest BCUT2D eigenvalue weighted by molar-refractivity contribution is 5.84. The van der Waals surface area contributed by atoms with Gasteiger partial charge in [0.25, 0.3) is 0 Å². The van der Waals surface area contributed by atoms with E-state index in [4.69, 9.17) is 9.40 Å². The molecule has 6 heteroatoms. The first-order valence-electron chi connectivity index (χ1n) is 9.03. The Hall–Kier alpha value is -2.60. The van der Waals surface area contributed by atoms with Crippen molar-refractivity contribution >= 4 is 16.9 Å². The van der Waals surface area contributed by atoms with Gasteiger partial charge in [-0.25, -0.2) is 4.98 Å². The van der Waals surface area contributed by atoms with Crippen molar-refractivity contribution < 1.29 is 14.3 Å². The minimum absolute atomic E-state index is 0.0593. The van der Waals surface area contributed by atoms with Gasteiger partial charge in [-0.1, -0.05) is 19.1 Å². The first-order valence-corrected chi connectivity index (χ1v) is 9.03. The molecular formula is C20H25N3O3. The Morgan fingerprint density at radius 1 is 1.31 bits per heavy atom. The van der Waals surface area contributed by atoms with Crippen LogP contribution in [-0.2, 0) is 17.8 Å². The van der Waals surface area contributed by atoms with Crippen LogP contribution >= 0.6 is 0 Å². The van der Waals surface area contributed by atoms with Gasteiger partial charge in [-0.2, -0.15) is 0 Å². The second kappa shape index (κ2) is 8.19. The van der Waals surface area contributed by atoms with E-state index in [0.717, 1.165) is 29.7 Å². The number of benzene rings is 1. The zero-order valence-electron chi connectivity index (χ0n) is 15.3. The Morgan fingerprint density at radius 3 is 2.81 bits per heavy atom. The number of fused-ring (bicyclic) bond motifs is 1. The van der Waals surface area contributed by atoms with Crippen LogP contribution in [0.5, 0.6) is 0 Å². The molecule has 1 N–H and O–H groups in total. The van der Waals surface area contributed by atoms with Crippen LogP contribution in [0.2, 0.25) is 0 Å². The van der Waals surface area contributed by atoms with Gasteiger partial charge in [0.1, 0.15) is 17.6 Å². The topological polar surface area (TPSA) is 71.5 Å². The lowest BCUT2D eigenvalue weighted by Gasteiger charge is -2.26. The summed E-state index contributed by atoms with van der Waals surface area (Å²) in [6.07, 6.45) is 3.35. The van der Waals surface area contributed by atoms with E-state index in [2.05, 4.69) is 6.92 Å². The highest BCUT2D eigenvalue weighted by atomic mass is 16.3. The number of hydrogen-bond donors (Lipinski definition) is 1. The van der Waals surface area contributed by atoms with Crippen molar-refractivity contribution in [2.24, 2.45) is 0 Å². The highest BCUT2D eigenvalue weighted by Crippen LogP contribution is 2.24. The first-order chi connectivity index (χ1) is 12.7. The molecule has 3 rings (SSSR count). The number of nitrogens with zero attached hydrogens (tertiary/aromatic N) is 3. The fraction of sp³-hybridized carbons (Fsp3) is 0.400. The largest absolute Gasteiger partial charge is 0.467 e. The molecule has 6 nitrogen and oxygen atoms in total. The Labute approximate surface area is 153 Å². The van der Waals surface area contributed by atoms with E-state index in [1.807, 2.05) is 41.8 Å². The molecule has 0 fully saturated rings. The van der Waals surface area contributed by atoms with Gasteiger partial charge >= 0.3 is 0 Å². The number of para-hydroxylation sites is 2. The molecule has 0 spiro atoms. The zero-order valence-corrected chi connectivity index (χ0v) is 15.3. The second-order valence-corrected chi connectivity index (χ2v) is 6.38. The van der Waals surface area contributed by atoms with Gasteiger partial charge in [0, 0.05) is 13.0 Å². The smallest absolute Gasteiger partial charge is 0.245 e. The van der Waals surface area contributed by atoms with E-state index in [1.54, 1.807) is 17.2 Å². The molecule has 0 aliphatic rings. The quantitative estimate of drug-likeness (QED) is 0.674. The molecule has 3 aromatic rings. The fourth-order valence-electron chi connectivity index (χ4n) is 3.28. The molecule has 2 heterocycles. The summed E-state index contributed by atoms with van der Waals surface area (Å²) in [5, 5.41) is 9.39. The van der Waals surface area contributed by atoms with E-state index in [0.29, 0.717) is 12.3 Å². The maximum absolute atomic E-state index is 13.2. The molecular weight excluding hydrogens is 330 g/mol. The molecule has 1 aromatic carbocycles. The van der Waals surface area contributed by atoms with Gasteiger partial charge in [0.15, 0.2) is 0 Å². The summed E-state index contributed by atoms with van der Waals surface area (Å²) >= 11 is 0. The number of aryl methyl sites for hydroxylation is 1. The number of amides is 1. The van der Waals surface area contributed by atoms with Crippen LogP contribution in [0, 0.1) is 0 Å². The molecule has 1 atom stereocenters. The van der Waals surface area contributed by atoms with Gasteiger partial charge in [0.05, 0.1) is 30.4 Å². The maximum atomic E-state index is 13.2. The van der Waals surface area contributed by atoms with Gasteiger partial charge in [0.2, 0.25) is 5.91 Å². The summed E-state index contributed by atoms with van der Waals surface area (Å²) in [4.78, 5) is 19.5. The summed E-state index contributed by atoms with van der Waals surface area (Å²) in [5.74, 6) is 1.55. The van der Waals surface area contributed by atoms with E-state index < -0.39 is 6.04 Å². The molecule has 26 heavy (non-hydrogen) atoms. The number of aromatic nitrogens is 2. The average Bonchev–Trinajstić information content (AvgIpc) is 3.27. The van der Waals surface area contributed by atoms with Crippen LogP contribution < -0.4 is 0 Å². The Balaban J connectivity index is 1.93. The Kier molecular flexibility index (Phi) is 5.73. The monoisotopic (exact) mass is 355 g/mol. The van der Waals surface area contributed by atoms with Gasteiger partial charge in [-0.05, 0) is 37.6 Å².